The van der Waals surface area contributed by atoms with Gasteiger partial charge in [-0.1, -0.05) is 189 Å². The van der Waals surface area contributed by atoms with Gasteiger partial charge in [0, 0.05) is 17.1 Å². The van der Waals surface area contributed by atoms with Crippen molar-refractivity contribution in [2.45, 2.75) is 57.8 Å². The average Bonchev–Trinajstić information content (AvgIpc) is 3.37. The lowest BCUT2D eigenvalue weighted by molar-refractivity contribution is 0.662. The summed E-state index contributed by atoms with van der Waals surface area (Å²) in [5.74, 6) is 0. The van der Waals surface area contributed by atoms with E-state index in [0.29, 0.717) is 0 Å². The van der Waals surface area contributed by atoms with Crippen molar-refractivity contribution < 1.29 is 0 Å². The molecule has 0 bridgehead atoms. The third-order valence-electron chi connectivity index (χ3n) is 13.3. The van der Waals surface area contributed by atoms with E-state index in [9.17, 15) is 0 Å². The SMILES string of the molecule is C=C1CCCCC/C(c2ccc(-c3ccccc3)cc2)=C2/CCCCC2=C1c1ccc(-c2ccc(N(c3ccc(-c4ccccc4)cc3)c3ccc(-c4ccccc4)cc3)cc2)cc1. The molecule has 64 heavy (non-hydrogen) atoms. The Morgan fingerprint density at radius 1 is 0.250 bits per heavy atom. The first-order valence-corrected chi connectivity index (χ1v) is 23.3. The first-order chi connectivity index (χ1) is 31.7. The van der Waals surface area contributed by atoms with Gasteiger partial charge in [-0.2, -0.15) is 0 Å². The molecule has 0 aromatic heterocycles. The average molecular weight is 826 g/mol. The molecule has 8 aromatic rings. The van der Waals surface area contributed by atoms with Gasteiger partial charge in [-0.3, -0.25) is 0 Å². The monoisotopic (exact) mass is 825 g/mol. The predicted octanol–water partition coefficient (Wildman–Crippen LogP) is 18.1. The number of benzene rings is 8. The van der Waals surface area contributed by atoms with Crippen LogP contribution < -0.4 is 4.90 Å². The Labute approximate surface area is 380 Å². The van der Waals surface area contributed by atoms with Crippen LogP contribution in [-0.2, 0) is 0 Å². The van der Waals surface area contributed by atoms with Crippen molar-refractivity contribution in [3.05, 3.63) is 247 Å². The number of rotatable bonds is 9. The molecule has 1 nitrogen and oxygen atoms in total. The van der Waals surface area contributed by atoms with Gasteiger partial charge >= 0.3 is 0 Å². The third-order valence-corrected chi connectivity index (χ3v) is 13.3. The van der Waals surface area contributed by atoms with Crippen molar-refractivity contribution in [3.8, 4) is 44.5 Å². The zero-order valence-electron chi connectivity index (χ0n) is 36.7. The molecular formula is C63H55N. The Balaban J connectivity index is 0.969. The van der Waals surface area contributed by atoms with E-state index in [-0.39, 0.29) is 0 Å². The van der Waals surface area contributed by atoms with Crippen LogP contribution in [0.1, 0.15) is 68.9 Å². The molecule has 10 rings (SSSR count). The topological polar surface area (TPSA) is 3.24 Å². The van der Waals surface area contributed by atoms with Crippen LogP contribution in [0.5, 0.6) is 0 Å². The van der Waals surface area contributed by atoms with Crippen LogP contribution in [0.2, 0.25) is 0 Å². The van der Waals surface area contributed by atoms with Crippen LogP contribution in [0.3, 0.4) is 0 Å². The number of allylic oxidation sites excluding steroid dienone is 5. The highest BCUT2D eigenvalue weighted by Crippen LogP contribution is 2.45. The summed E-state index contributed by atoms with van der Waals surface area (Å²) in [6.45, 7) is 4.79. The molecule has 0 radical (unpaired) electrons. The van der Waals surface area contributed by atoms with E-state index in [0.717, 1.165) is 42.7 Å². The Kier molecular flexibility index (Phi) is 12.1. The Morgan fingerprint density at radius 2 is 0.547 bits per heavy atom. The fourth-order valence-electron chi connectivity index (χ4n) is 9.96. The van der Waals surface area contributed by atoms with E-state index in [1.165, 1.54) is 104 Å². The molecule has 0 saturated heterocycles. The van der Waals surface area contributed by atoms with Gasteiger partial charge in [0.05, 0.1) is 0 Å². The zero-order chi connectivity index (χ0) is 43.1. The standard InChI is InChI=1S/C63H55N/c1-46-16-6-2-13-23-60(55-30-26-50(27-31-55)47-17-7-3-8-18-47)61-24-14-15-25-62(61)63(46)56-32-28-51(29-33-56)54-38-44-59(45-39-54)64(57-40-34-52(35-41-57)48-19-9-4-10-20-48)58-42-36-53(37-43-58)49-21-11-5-12-22-49/h3-5,7-12,17-22,26-45H,1-2,6,13-16,23-25H2/b61-60+,63-62?. The molecule has 1 heteroatoms. The zero-order valence-corrected chi connectivity index (χ0v) is 36.7. The number of anilines is 3. The summed E-state index contributed by atoms with van der Waals surface area (Å²) in [6, 6.07) is 77.6. The van der Waals surface area contributed by atoms with Crippen molar-refractivity contribution in [1.82, 2.24) is 0 Å². The highest BCUT2D eigenvalue weighted by atomic mass is 15.1. The molecule has 0 N–H and O–H groups in total. The summed E-state index contributed by atoms with van der Waals surface area (Å²) >= 11 is 0. The van der Waals surface area contributed by atoms with Crippen LogP contribution >= 0.6 is 0 Å². The van der Waals surface area contributed by atoms with Crippen LogP contribution in [0, 0.1) is 0 Å². The van der Waals surface area contributed by atoms with Gasteiger partial charge in [0.2, 0.25) is 0 Å². The van der Waals surface area contributed by atoms with E-state index in [1.54, 1.807) is 11.1 Å². The second kappa shape index (κ2) is 19.0. The second-order valence-corrected chi connectivity index (χ2v) is 17.4. The lowest BCUT2D eigenvalue weighted by atomic mass is 9.76. The van der Waals surface area contributed by atoms with E-state index in [1.807, 2.05) is 0 Å². The van der Waals surface area contributed by atoms with E-state index >= 15 is 0 Å². The van der Waals surface area contributed by atoms with Crippen LogP contribution in [-0.4, -0.2) is 0 Å². The van der Waals surface area contributed by atoms with Crippen molar-refractivity contribution in [1.29, 1.82) is 0 Å². The maximum absolute atomic E-state index is 4.79. The van der Waals surface area contributed by atoms with Crippen molar-refractivity contribution in [3.63, 3.8) is 0 Å². The summed E-state index contributed by atoms with van der Waals surface area (Å²) in [5, 5.41) is 0. The van der Waals surface area contributed by atoms with Gasteiger partial charge < -0.3 is 4.90 Å². The first-order valence-electron chi connectivity index (χ1n) is 23.3. The number of hydrogen-bond acceptors (Lipinski definition) is 1. The summed E-state index contributed by atoms with van der Waals surface area (Å²) in [6.07, 6.45) is 10.5. The van der Waals surface area contributed by atoms with Crippen molar-refractivity contribution in [2.75, 3.05) is 4.90 Å². The van der Waals surface area contributed by atoms with Gasteiger partial charge in [-0.25, -0.2) is 0 Å². The largest absolute Gasteiger partial charge is 0.311 e. The quantitative estimate of drug-likeness (QED) is 0.140. The molecule has 2 aliphatic carbocycles. The molecule has 0 amide bonds. The van der Waals surface area contributed by atoms with Crippen molar-refractivity contribution >= 4 is 28.2 Å². The number of hydrogen-bond donors (Lipinski definition) is 0. The molecule has 0 atom stereocenters. The lowest BCUT2D eigenvalue weighted by Gasteiger charge is -2.28. The smallest absolute Gasteiger partial charge is 0.0462 e. The molecule has 0 unspecified atom stereocenters. The van der Waals surface area contributed by atoms with E-state index in [2.05, 4.69) is 217 Å². The Morgan fingerprint density at radius 3 is 0.969 bits per heavy atom. The molecule has 2 aliphatic rings. The van der Waals surface area contributed by atoms with Gasteiger partial charge in [-0.15, -0.1) is 0 Å². The number of fused-ring (bicyclic) bond motifs is 1. The maximum Gasteiger partial charge on any atom is 0.0462 e. The molecule has 1 fully saturated rings. The molecule has 0 heterocycles. The Bertz CT molecular complexity index is 2800. The van der Waals surface area contributed by atoms with E-state index in [4.69, 9.17) is 6.58 Å². The second-order valence-electron chi connectivity index (χ2n) is 17.4. The van der Waals surface area contributed by atoms with Crippen molar-refractivity contribution in [2.24, 2.45) is 0 Å². The fourth-order valence-corrected chi connectivity index (χ4v) is 9.96. The normalized spacial score (nSPS) is 15.7. The van der Waals surface area contributed by atoms with Gasteiger partial charge in [-0.05, 0) is 171 Å². The van der Waals surface area contributed by atoms with Gasteiger partial charge in [0.1, 0.15) is 0 Å². The summed E-state index contributed by atoms with van der Waals surface area (Å²) in [5.41, 5.74) is 23.2. The van der Waals surface area contributed by atoms with Crippen LogP contribution in [0.25, 0.3) is 55.7 Å². The van der Waals surface area contributed by atoms with Crippen LogP contribution in [0.4, 0.5) is 17.1 Å². The summed E-state index contributed by atoms with van der Waals surface area (Å²) < 4.78 is 0. The fraction of sp³-hybridized carbons (Fsp3) is 0.143. The van der Waals surface area contributed by atoms with E-state index < -0.39 is 0 Å². The van der Waals surface area contributed by atoms with Crippen LogP contribution in [0.15, 0.2) is 236 Å². The maximum atomic E-state index is 4.79. The van der Waals surface area contributed by atoms with Gasteiger partial charge in [0.15, 0.2) is 0 Å². The molecule has 1 saturated carbocycles. The lowest BCUT2D eigenvalue weighted by Crippen LogP contribution is -2.09. The Hall–Kier alpha value is -7.22. The molecule has 0 spiro atoms. The number of nitrogens with zero attached hydrogens (tertiary/aromatic N) is 1. The molecule has 0 aliphatic heterocycles. The highest BCUT2D eigenvalue weighted by Gasteiger charge is 2.24. The molecular weight excluding hydrogens is 771 g/mol. The minimum absolute atomic E-state index is 1.05. The predicted molar refractivity (Wildman–Crippen MR) is 274 cm³/mol. The molecule has 312 valence electrons. The summed E-state index contributed by atoms with van der Waals surface area (Å²) in [4.78, 5) is 2.36. The molecule has 8 aromatic carbocycles. The third kappa shape index (κ3) is 8.85. The van der Waals surface area contributed by atoms with Gasteiger partial charge in [0.25, 0.3) is 0 Å². The highest BCUT2D eigenvalue weighted by molar-refractivity contribution is 5.89. The first kappa shape index (κ1) is 40.8. The minimum Gasteiger partial charge on any atom is -0.311 e. The minimum atomic E-state index is 1.05. The summed E-state index contributed by atoms with van der Waals surface area (Å²) in [7, 11) is 0.